The standard InChI is InChI=1S/C18H22N8O6S/c1-2-14(27)32-8-7-20-16-24-15(19-6-3-9-33(29,30)31)25-17(26-16)21-11-4-5-12-13(10-11)23-18(28)22-12/h2,4-5,10H,1,3,6-9H2,(H2,22,23,28)(H,29,30,31)(H3,19,20,21,24,25,26). The second-order valence-electron chi connectivity index (χ2n) is 6.64. The highest BCUT2D eigenvalue weighted by atomic mass is 32.2. The molecule has 3 aromatic rings. The lowest BCUT2D eigenvalue weighted by molar-refractivity contribution is -0.137. The molecule has 33 heavy (non-hydrogen) atoms. The number of aromatic nitrogens is 5. The number of aromatic amines is 2. The lowest BCUT2D eigenvalue weighted by atomic mass is 10.3. The quantitative estimate of drug-likeness (QED) is 0.0917. The van der Waals surface area contributed by atoms with Crippen molar-refractivity contribution in [3.63, 3.8) is 0 Å². The molecule has 15 heteroatoms. The first-order valence-corrected chi connectivity index (χ1v) is 11.3. The highest BCUT2D eigenvalue weighted by molar-refractivity contribution is 7.85. The Kier molecular flexibility index (Phi) is 7.57. The van der Waals surface area contributed by atoms with Crippen molar-refractivity contribution in [1.82, 2.24) is 24.9 Å². The molecule has 0 spiro atoms. The molecule has 0 amide bonds. The van der Waals surface area contributed by atoms with E-state index in [0.717, 1.165) is 6.08 Å². The number of imidazole rings is 1. The Balaban J connectivity index is 1.73. The molecular formula is C18H22N8O6S. The number of H-pyrrole nitrogens is 2. The van der Waals surface area contributed by atoms with Gasteiger partial charge >= 0.3 is 11.7 Å². The summed E-state index contributed by atoms with van der Waals surface area (Å²) in [7, 11) is -4.07. The number of carbonyl (C=O) groups is 1. The van der Waals surface area contributed by atoms with Crippen LogP contribution in [0.2, 0.25) is 0 Å². The van der Waals surface area contributed by atoms with Crippen LogP contribution in [0.1, 0.15) is 6.42 Å². The van der Waals surface area contributed by atoms with Crippen LogP contribution in [0.15, 0.2) is 35.6 Å². The maximum atomic E-state index is 11.5. The van der Waals surface area contributed by atoms with E-state index in [1.807, 2.05) is 0 Å². The Hall–Kier alpha value is -3.98. The fourth-order valence-electron chi connectivity index (χ4n) is 2.66. The Morgan fingerprint density at radius 1 is 1.09 bits per heavy atom. The maximum absolute atomic E-state index is 11.5. The van der Waals surface area contributed by atoms with Crippen molar-refractivity contribution in [2.75, 3.05) is 41.4 Å². The molecule has 0 saturated heterocycles. The van der Waals surface area contributed by atoms with Gasteiger partial charge in [-0.05, 0) is 24.6 Å². The van der Waals surface area contributed by atoms with E-state index in [0.29, 0.717) is 16.7 Å². The number of fused-ring (bicyclic) bond motifs is 1. The highest BCUT2D eigenvalue weighted by Crippen LogP contribution is 2.19. The third-order valence-corrected chi connectivity index (χ3v) is 4.87. The van der Waals surface area contributed by atoms with Gasteiger partial charge < -0.3 is 30.7 Å². The first-order chi connectivity index (χ1) is 15.7. The van der Waals surface area contributed by atoms with Gasteiger partial charge in [0.25, 0.3) is 10.1 Å². The number of anilines is 4. The molecule has 3 rings (SSSR count). The predicted octanol–water partition coefficient (Wildman–Crippen LogP) is 0.616. The lowest BCUT2D eigenvalue weighted by Crippen LogP contribution is -2.17. The van der Waals surface area contributed by atoms with Gasteiger partial charge in [0.15, 0.2) is 0 Å². The van der Waals surface area contributed by atoms with E-state index in [4.69, 9.17) is 9.29 Å². The van der Waals surface area contributed by atoms with Gasteiger partial charge in [0, 0.05) is 18.3 Å². The second-order valence-corrected chi connectivity index (χ2v) is 8.21. The topological polar surface area (TPSA) is 204 Å². The molecule has 0 bridgehead atoms. The summed E-state index contributed by atoms with van der Waals surface area (Å²) in [5, 5.41) is 8.77. The second kappa shape index (κ2) is 10.6. The molecule has 0 unspecified atom stereocenters. The summed E-state index contributed by atoms with van der Waals surface area (Å²) >= 11 is 0. The van der Waals surface area contributed by atoms with Gasteiger partial charge in [-0.3, -0.25) is 4.55 Å². The van der Waals surface area contributed by atoms with Crippen LogP contribution in [0.25, 0.3) is 11.0 Å². The minimum Gasteiger partial charge on any atom is -0.461 e. The number of benzene rings is 1. The van der Waals surface area contributed by atoms with Crippen LogP contribution < -0.4 is 21.6 Å². The van der Waals surface area contributed by atoms with Crippen molar-refractivity contribution < 1.29 is 22.5 Å². The van der Waals surface area contributed by atoms with E-state index in [1.54, 1.807) is 18.2 Å². The van der Waals surface area contributed by atoms with E-state index >= 15 is 0 Å². The zero-order valence-electron chi connectivity index (χ0n) is 17.3. The van der Waals surface area contributed by atoms with E-state index in [9.17, 15) is 18.0 Å². The number of nitrogens with one attached hydrogen (secondary N) is 5. The average molecular weight is 478 g/mol. The van der Waals surface area contributed by atoms with Gasteiger partial charge in [-0.1, -0.05) is 6.58 Å². The molecule has 0 aliphatic carbocycles. The Morgan fingerprint density at radius 3 is 2.45 bits per heavy atom. The van der Waals surface area contributed by atoms with Crippen molar-refractivity contribution in [3.8, 4) is 0 Å². The van der Waals surface area contributed by atoms with Gasteiger partial charge in [-0.2, -0.15) is 23.4 Å². The third-order valence-electron chi connectivity index (χ3n) is 4.07. The van der Waals surface area contributed by atoms with E-state index < -0.39 is 21.8 Å². The van der Waals surface area contributed by atoms with Crippen LogP contribution in [0.4, 0.5) is 23.5 Å². The SMILES string of the molecule is C=CC(=O)OCCNc1nc(NCCCS(=O)(=O)O)nc(Nc2ccc3[nH]c(=O)[nH]c3c2)n1. The number of esters is 1. The number of hydrogen-bond acceptors (Lipinski definition) is 11. The molecule has 0 aliphatic rings. The third kappa shape index (κ3) is 7.58. The van der Waals surface area contributed by atoms with Crippen molar-refractivity contribution in [2.45, 2.75) is 6.42 Å². The van der Waals surface area contributed by atoms with Gasteiger partial charge in [-0.15, -0.1) is 0 Å². The Labute approximate surface area is 187 Å². The number of hydrogen-bond donors (Lipinski definition) is 6. The summed E-state index contributed by atoms with van der Waals surface area (Å²) in [5.41, 5.74) is 1.48. The smallest absolute Gasteiger partial charge is 0.330 e. The molecular weight excluding hydrogens is 456 g/mol. The van der Waals surface area contributed by atoms with Crippen LogP contribution in [-0.2, 0) is 19.6 Å². The van der Waals surface area contributed by atoms with Gasteiger partial charge in [0.05, 0.1) is 23.3 Å². The van der Waals surface area contributed by atoms with E-state index in [-0.39, 0.29) is 49.7 Å². The largest absolute Gasteiger partial charge is 0.461 e. The fraction of sp³-hybridized carbons (Fsp3) is 0.278. The minimum atomic E-state index is -4.07. The summed E-state index contributed by atoms with van der Waals surface area (Å²) in [4.78, 5) is 40.6. The summed E-state index contributed by atoms with van der Waals surface area (Å²) in [5.74, 6) is -0.510. The van der Waals surface area contributed by atoms with Crippen LogP contribution in [0.3, 0.4) is 0 Å². The van der Waals surface area contributed by atoms with Gasteiger partial charge in [-0.25, -0.2) is 9.59 Å². The lowest BCUT2D eigenvalue weighted by Gasteiger charge is -2.11. The molecule has 6 N–H and O–H groups in total. The van der Waals surface area contributed by atoms with Crippen LogP contribution >= 0.6 is 0 Å². The molecule has 2 heterocycles. The fourth-order valence-corrected chi connectivity index (χ4v) is 3.17. The van der Waals surface area contributed by atoms with Crippen LogP contribution in [-0.4, -0.2) is 69.3 Å². The monoisotopic (exact) mass is 478 g/mol. The summed E-state index contributed by atoms with van der Waals surface area (Å²) in [6, 6.07) is 5.12. The van der Waals surface area contributed by atoms with Crippen molar-refractivity contribution in [2.24, 2.45) is 0 Å². The van der Waals surface area contributed by atoms with Gasteiger partial charge in [0.2, 0.25) is 17.8 Å². The van der Waals surface area contributed by atoms with Crippen LogP contribution in [0, 0.1) is 0 Å². The molecule has 2 aromatic heterocycles. The van der Waals surface area contributed by atoms with E-state index in [1.165, 1.54) is 0 Å². The van der Waals surface area contributed by atoms with E-state index in [2.05, 4.69) is 47.4 Å². The van der Waals surface area contributed by atoms with Gasteiger partial charge in [0.1, 0.15) is 6.61 Å². The number of ether oxygens (including phenoxy) is 1. The first-order valence-electron chi connectivity index (χ1n) is 9.69. The Bertz CT molecular complexity index is 1300. The number of rotatable bonds is 12. The zero-order chi connectivity index (χ0) is 23.8. The highest BCUT2D eigenvalue weighted by Gasteiger charge is 2.09. The molecule has 0 fully saturated rings. The summed E-state index contributed by atoms with van der Waals surface area (Å²) < 4.78 is 35.5. The zero-order valence-corrected chi connectivity index (χ0v) is 18.1. The van der Waals surface area contributed by atoms with Crippen molar-refractivity contribution >= 4 is 50.7 Å². The number of carbonyl (C=O) groups excluding carboxylic acids is 1. The number of nitrogens with zero attached hydrogens (tertiary/aromatic N) is 3. The molecule has 0 radical (unpaired) electrons. The summed E-state index contributed by atoms with van der Waals surface area (Å²) in [6.45, 7) is 3.75. The minimum absolute atomic E-state index is 0.0495. The molecule has 0 aliphatic heterocycles. The van der Waals surface area contributed by atoms with Crippen molar-refractivity contribution in [1.29, 1.82) is 0 Å². The molecule has 0 saturated carbocycles. The summed E-state index contributed by atoms with van der Waals surface area (Å²) in [6.07, 6.45) is 1.18. The molecule has 176 valence electrons. The molecule has 1 aromatic carbocycles. The first kappa shape index (κ1) is 23.7. The normalized spacial score (nSPS) is 11.2. The molecule has 14 nitrogen and oxygen atoms in total. The Morgan fingerprint density at radius 2 is 1.76 bits per heavy atom. The van der Waals surface area contributed by atoms with Crippen LogP contribution in [0.5, 0.6) is 0 Å². The van der Waals surface area contributed by atoms with Crippen molar-refractivity contribution in [3.05, 3.63) is 41.3 Å². The maximum Gasteiger partial charge on any atom is 0.330 e. The average Bonchev–Trinajstić information content (AvgIpc) is 3.12. The molecule has 0 atom stereocenters. The predicted molar refractivity (Wildman–Crippen MR) is 121 cm³/mol.